The lowest BCUT2D eigenvalue weighted by Gasteiger charge is -2.01. The van der Waals surface area contributed by atoms with Crippen LogP contribution in [0.1, 0.15) is 11.1 Å². The average Bonchev–Trinajstić information content (AvgIpc) is 2.93. The van der Waals surface area contributed by atoms with Gasteiger partial charge in [0.25, 0.3) is 0 Å². The van der Waals surface area contributed by atoms with Crippen molar-refractivity contribution in [3.63, 3.8) is 0 Å². The highest BCUT2D eigenvalue weighted by molar-refractivity contribution is 6.30. The van der Waals surface area contributed by atoms with Crippen LogP contribution in [-0.2, 0) is 6.42 Å². The summed E-state index contributed by atoms with van der Waals surface area (Å²) in [5.74, 6) is 1.70. The molecule has 1 heterocycles. The van der Waals surface area contributed by atoms with Gasteiger partial charge in [-0.15, -0.1) is 0 Å². The molecule has 3 rings (SSSR count). The third-order valence-corrected chi connectivity index (χ3v) is 3.42. The molecule has 0 amide bonds. The van der Waals surface area contributed by atoms with Crippen molar-refractivity contribution in [2.75, 3.05) is 13.3 Å². The van der Waals surface area contributed by atoms with Gasteiger partial charge in [-0.1, -0.05) is 17.7 Å². The standard InChI is InChI=1S/C16H14ClNO3/c17-13-3-2-12(14(19)8-13)9-18-6-5-11-1-4-15-16(7-11)21-10-20-15/h1-4,7-9,19H,5-6,10H2. The van der Waals surface area contributed by atoms with Crippen LogP contribution in [0.3, 0.4) is 0 Å². The monoisotopic (exact) mass is 303 g/mol. The number of aliphatic imine (C=N–C) groups is 1. The number of rotatable bonds is 4. The Morgan fingerprint density at radius 2 is 2.00 bits per heavy atom. The Bertz CT molecular complexity index is 685. The molecule has 0 unspecified atom stereocenters. The SMILES string of the molecule is Oc1cc(Cl)ccc1C=NCCc1ccc2c(c1)OCO2. The lowest BCUT2D eigenvalue weighted by atomic mass is 10.1. The van der Waals surface area contributed by atoms with Crippen LogP contribution in [0, 0.1) is 0 Å². The number of phenolic OH excluding ortho intramolecular Hbond substituents is 1. The summed E-state index contributed by atoms with van der Waals surface area (Å²) in [7, 11) is 0. The number of phenols is 1. The quantitative estimate of drug-likeness (QED) is 0.880. The highest BCUT2D eigenvalue weighted by Gasteiger charge is 2.12. The summed E-state index contributed by atoms with van der Waals surface area (Å²) in [5, 5.41) is 10.2. The van der Waals surface area contributed by atoms with Gasteiger partial charge in [-0.25, -0.2) is 0 Å². The average molecular weight is 304 g/mol. The second kappa shape index (κ2) is 6.06. The lowest BCUT2D eigenvalue weighted by molar-refractivity contribution is 0.174. The first-order valence-corrected chi connectivity index (χ1v) is 6.97. The van der Waals surface area contributed by atoms with Crippen molar-refractivity contribution in [2.24, 2.45) is 4.99 Å². The zero-order valence-electron chi connectivity index (χ0n) is 11.3. The number of fused-ring (bicyclic) bond motifs is 1. The summed E-state index contributed by atoms with van der Waals surface area (Å²) < 4.78 is 10.6. The van der Waals surface area contributed by atoms with E-state index >= 15 is 0 Å². The van der Waals surface area contributed by atoms with Crippen molar-refractivity contribution in [3.05, 3.63) is 52.5 Å². The molecule has 0 bridgehead atoms. The molecule has 0 fully saturated rings. The van der Waals surface area contributed by atoms with E-state index in [4.69, 9.17) is 21.1 Å². The first-order valence-electron chi connectivity index (χ1n) is 6.59. The molecule has 21 heavy (non-hydrogen) atoms. The van der Waals surface area contributed by atoms with Gasteiger partial charge in [0, 0.05) is 23.3 Å². The maximum Gasteiger partial charge on any atom is 0.231 e. The fraction of sp³-hybridized carbons (Fsp3) is 0.188. The molecule has 2 aromatic rings. The van der Waals surface area contributed by atoms with Crippen molar-refractivity contribution in [3.8, 4) is 17.2 Å². The van der Waals surface area contributed by atoms with E-state index in [9.17, 15) is 5.11 Å². The molecule has 4 nitrogen and oxygen atoms in total. The van der Waals surface area contributed by atoms with E-state index in [1.165, 1.54) is 6.07 Å². The largest absolute Gasteiger partial charge is 0.507 e. The van der Waals surface area contributed by atoms with Crippen molar-refractivity contribution >= 4 is 17.8 Å². The fourth-order valence-electron chi connectivity index (χ4n) is 2.08. The van der Waals surface area contributed by atoms with Gasteiger partial charge in [0.2, 0.25) is 6.79 Å². The molecular formula is C16H14ClNO3. The van der Waals surface area contributed by atoms with Crippen molar-refractivity contribution in [2.45, 2.75) is 6.42 Å². The van der Waals surface area contributed by atoms with Gasteiger partial charge in [-0.2, -0.15) is 0 Å². The Labute approximate surface area is 127 Å². The molecule has 0 aliphatic carbocycles. The van der Waals surface area contributed by atoms with Crippen LogP contribution in [0.4, 0.5) is 0 Å². The molecule has 108 valence electrons. The van der Waals surface area contributed by atoms with Crippen LogP contribution >= 0.6 is 11.6 Å². The van der Waals surface area contributed by atoms with E-state index in [0.29, 0.717) is 17.1 Å². The van der Waals surface area contributed by atoms with E-state index in [1.807, 2.05) is 18.2 Å². The van der Waals surface area contributed by atoms with Gasteiger partial charge in [0.15, 0.2) is 11.5 Å². The number of halogens is 1. The van der Waals surface area contributed by atoms with Gasteiger partial charge in [0.1, 0.15) is 5.75 Å². The van der Waals surface area contributed by atoms with E-state index in [0.717, 1.165) is 23.5 Å². The zero-order valence-corrected chi connectivity index (χ0v) is 12.0. The summed E-state index contributed by atoms with van der Waals surface area (Å²) >= 11 is 5.78. The van der Waals surface area contributed by atoms with Crippen molar-refractivity contribution in [1.82, 2.24) is 0 Å². The first kappa shape index (κ1) is 13.8. The van der Waals surface area contributed by atoms with Crippen molar-refractivity contribution in [1.29, 1.82) is 0 Å². The highest BCUT2D eigenvalue weighted by Crippen LogP contribution is 2.32. The molecule has 0 saturated carbocycles. The van der Waals surface area contributed by atoms with Crippen molar-refractivity contribution < 1.29 is 14.6 Å². The summed E-state index contributed by atoms with van der Waals surface area (Å²) in [6.07, 6.45) is 2.44. The smallest absolute Gasteiger partial charge is 0.231 e. The summed E-state index contributed by atoms with van der Waals surface area (Å²) in [6.45, 7) is 0.911. The van der Waals surface area contributed by atoms with Crippen LogP contribution in [0.2, 0.25) is 5.02 Å². The number of ether oxygens (including phenoxy) is 2. The molecule has 1 aliphatic rings. The van der Waals surface area contributed by atoms with Crippen LogP contribution in [0.5, 0.6) is 17.2 Å². The Kier molecular flexibility index (Phi) is 3.97. The molecule has 1 aliphatic heterocycles. The van der Waals surface area contributed by atoms with Crippen LogP contribution < -0.4 is 9.47 Å². The van der Waals surface area contributed by atoms with Gasteiger partial charge in [-0.05, 0) is 42.3 Å². The van der Waals surface area contributed by atoms with Crippen LogP contribution in [0.15, 0.2) is 41.4 Å². The normalized spacial score (nSPS) is 13.0. The Hall–Kier alpha value is -2.20. The molecule has 0 atom stereocenters. The second-order valence-electron chi connectivity index (χ2n) is 4.68. The van der Waals surface area contributed by atoms with Gasteiger partial charge in [-0.3, -0.25) is 4.99 Å². The van der Waals surface area contributed by atoms with E-state index in [2.05, 4.69) is 4.99 Å². The molecule has 5 heteroatoms. The predicted octanol–water partition coefficient (Wildman–Crippen LogP) is 3.44. The van der Waals surface area contributed by atoms with E-state index in [1.54, 1.807) is 18.3 Å². The molecule has 0 saturated heterocycles. The number of hydrogen-bond acceptors (Lipinski definition) is 4. The van der Waals surface area contributed by atoms with Gasteiger partial charge in [0.05, 0.1) is 0 Å². The second-order valence-corrected chi connectivity index (χ2v) is 5.11. The summed E-state index contributed by atoms with van der Waals surface area (Å²) in [6, 6.07) is 10.8. The molecule has 1 N–H and O–H groups in total. The molecule has 2 aromatic carbocycles. The minimum absolute atomic E-state index is 0.134. The van der Waals surface area contributed by atoms with Crippen LogP contribution in [0.25, 0.3) is 0 Å². The third kappa shape index (κ3) is 3.28. The fourth-order valence-corrected chi connectivity index (χ4v) is 2.25. The van der Waals surface area contributed by atoms with Gasteiger partial charge >= 0.3 is 0 Å². The molecule has 0 spiro atoms. The Morgan fingerprint density at radius 3 is 2.86 bits per heavy atom. The number of aromatic hydroxyl groups is 1. The molecular weight excluding hydrogens is 290 g/mol. The zero-order chi connectivity index (χ0) is 14.7. The third-order valence-electron chi connectivity index (χ3n) is 3.19. The summed E-state index contributed by atoms with van der Waals surface area (Å²) in [5.41, 5.74) is 1.79. The number of benzene rings is 2. The van der Waals surface area contributed by atoms with E-state index < -0.39 is 0 Å². The minimum atomic E-state index is 0.134. The number of hydrogen-bond donors (Lipinski definition) is 1. The molecule has 0 radical (unpaired) electrons. The predicted molar refractivity (Wildman–Crippen MR) is 81.8 cm³/mol. The number of nitrogens with zero attached hydrogens (tertiary/aromatic N) is 1. The minimum Gasteiger partial charge on any atom is -0.507 e. The topological polar surface area (TPSA) is 51.1 Å². The van der Waals surface area contributed by atoms with Crippen LogP contribution in [-0.4, -0.2) is 24.7 Å². The van der Waals surface area contributed by atoms with Gasteiger partial charge < -0.3 is 14.6 Å². The Balaban J connectivity index is 1.59. The highest BCUT2D eigenvalue weighted by atomic mass is 35.5. The Morgan fingerprint density at radius 1 is 1.14 bits per heavy atom. The van der Waals surface area contributed by atoms with E-state index in [-0.39, 0.29) is 12.5 Å². The lowest BCUT2D eigenvalue weighted by Crippen LogP contribution is -1.93. The maximum absolute atomic E-state index is 9.71. The first-order chi connectivity index (χ1) is 10.2. The molecule has 0 aromatic heterocycles. The summed E-state index contributed by atoms with van der Waals surface area (Å²) in [4.78, 5) is 4.32. The maximum atomic E-state index is 9.71.